The average Bonchev–Trinajstić information content (AvgIpc) is 3.31. The summed E-state index contributed by atoms with van der Waals surface area (Å²) in [5, 5.41) is 20.4. The van der Waals surface area contributed by atoms with E-state index in [9.17, 15) is 10.2 Å². The lowest BCUT2D eigenvalue weighted by Crippen LogP contribution is -2.34. The van der Waals surface area contributed by atoms with E-state index in [1.54, 1.807) is 12.1 Å². The van der Waals surface area contributed by atoms with Gasteiger partial charge >= 0.3 is 0 Å². The van der Waals surface area contributed by atoms with Crippen LogP contribution in [0.3, 0.4) is 0 Å². The Kier molecular flexibility index (Phi) is 5.44. The van der Waals surface area contributed by atoms with Crippen LogP contribution < -0.4 is 0 Å². The molecule has 0 aromatic heterocycles. The summed E-state index contributed by atoms with van der Waals surface area (Å²) < 4.78 is 0. The fraction of sp³-hybridized carbons (Fsp3) is 0.440. The molecule has 4 rings (SSSR count). The van der Waals surface area contributed by atoms with Crippen molar-refractivity contribution >= 4 is 12.4 Å². The van der Waals surface area contributed by atoms with Crippen molar-refractivity contribution < 1.29 is 10.2 Å². The van der Waals surface area contributed by atoms with Crippen LogP contribution in [0, 0.1) is 5.92 Å². The molecule has 0 amide bonds. The first-order valence-corrected chi connectivity index (χ1v) is 10.7. The maximum atomic E-state index is 10.2. The Labute approximate surface area is 173 Å². The summed E-state index contributed by atoms with van der Waals surface area (Å²) in [6, 6.07) is 11.6. The molecule has 152 valence electrons. The molecule has 0 saturated heterocycles. The van der Waals surface area contributed by atoms with Crippen molar-refractivity contribution in [2.75, 3.05) is 0 Å². The van der Waals surface area contributed by atoms with E-state index in [1.165, 1.54) is 17.5 Å². The van der Waals surface area contributed by atoms with Gasteiger partial charge in [-0.3, -0.25) is 9.98 Å². The number of fused-ring (bicyclic) bond motifs is 2. The number of phenols is 2. The minimum absolute atomic E-state index is 0.124. The highest BCUT2D eigenvalue weighted by Crippen LogP contribution is 2.51. The molecule has 2 fully saturated rings. The summed E-state index contributed by atoms with van der Waals surface area (Å²) in [7, 11) is 0. The van der Waals surface area contributed by atoms with Crippen molar-refractivity contribution in [1.29, 1.82) is 0 Å². The SMILES string of the molecule is CCc1ccc(O)c(C=NC2CC3CCC2(N=Cc2cc(CC)ccc2O)C3)c1. The summed E-state index contributed by atoms with van der Waals surface area (Å²) in [6.45, 7) is 4.22. The van der Waals surface area contributed by atoms with Gasteiger partial charge < -0.3 is 10.2 Å². The van der Waals surface area contributed by atoms with Gasteiger partial charge in [0.25, 0.3) is 0 Å². The fourth-order valence-corrected chi connectivity index (χ4v) is 4.82. The van der Waals surface area contributed by atoms with Gasteiger partial charge in [-0.05, 0) is 79.8 Å². The molecular weight excluding hydrogens is 360 g/mol. The van der Waals surface area contributed by atoms with Crippen LogP contribution >= 0.6 is 0 Å². The lowest BCUT2D eigenvalue weighted by Gasteiger charge is -2.28. The van der Waals surface area contributed by atoms with Gasteiger partial charge in [-0.15, -0.1) is 0 Å². The largest absolute Gasteiger partial charge is 0.507 e. The number of aromatic hydroxyl groups is 2. The molecule has 0 radical (unpaired) electrons. The molecule has 3 atom stereocenters. The van der Waals surface area contributed by atoms with Crippen molar-refractivity contribution in [2.24, 2.45) is 15.9 Å². The summed E-state index contributed by atoms with van der Waals surface area (Å²) in [6.07, 6.45) is 9.87. The van der Waals surface area contributed by atoms with Gasteiger partial charge in [-0.2, -0.15) is 0 Å². The van der Waals surface area contributed by atoms with Crippen LogP contribution in [0.5, 0.6) is 11.5 Å². The molecule has 2 aromatic rings. The normalized spacial score (nSPS) is 26.1. The highest BCUT2D eigenvalue weighted by atomic mass is 16.3. The lowest BCUT2D eigenvalue weighted by molar-refractivity contribution is 0.367. The Morgan fingerprint density at radius 3 is 2.17 bits per heavy atom. The van der Waals surface area contributed by atoms with Crippen molar-refractivity contribution in [3.8, 4) is 11.5 Å². The predicted molar refractivity (Wildman–Crippen MR) is 119 cm³/mol. The van der Waals surface area contributed by atoms with Crippen LogP contribution in [-0.2, 0) is 12.8 Å². The average molecular weight is 391 g/mol. The van der Waals surface area contributed by atoms with Crippen molar-refractivity contribution in [3.63, 3.8) is 0 Å². The van der Waals surface area contributed by atoms with Crippen LogP contribution in [0.4, 0.5) is 0 Å². The van der Waals surface area contributed by atoms with Crippen LogP contribution in [0.15, 0.2) is 46.4 Å². The summed E-state index contributed by atoms with van der Waals surface area (Å²) >= 11 is 0. The topological polar surface area (TPSA) is 65.2 Å². The van der Waals surface area contributed by atoms with Gasteiger partial charge in [-0.25, -0.2) is 0 Å². The monoisotopic (exact) mass is 390 g/mol. The Morgan fingerprint density at radius 1 is 0.966 bits per heavy atom. The van der Waals surface area contributed by atoms with E-state index in [2.05, 4.69) is 13.8 Å². The second-order valence-corrected chi connectivity index (χ2v) is 8.49. The van der Waals surface area contributed by atoms with Crippen molar-refractivity contribution in [2.45, 2.75) is 64.0 Å². The Hall–Kier alpha value is -2.62. The van der Waals surface area contributed by atoms with Crippen molar-refractivity contribution in [3.05, 3.63) is 58.7 Å². The second kappa shape index (κ2) is 8.02. The lowest BCUT2D eigenvalue weighted by atomic mass is 9.89. The molecule has 2 aliphatic carbocycles. The third kappa shape index (κ3) is 3.93. The first-order valence-electron chi connectivity index (χ1n) is 10.7. The number of aliphatic imine (C=N–C) groups is 2. The molecule has 2 bridgehead atoms. The molecule has 2 saturated carbocycles. The number of hydrogen-bond acceptors (Lipinski definition) is 4. The van der Waals surface area contributed by atoms with E-state index in [0.717, 1.165) is 43.2 Å². The Morgan fingerprint density at radius 2 is 1.59 bits per heavy atom. The van der Waals surface area contributed by atoms with Crippen LogP contribution in [0.25, 0.3) is 0 Å². The van der Waals surface area contributed by atoms with Crippen LogP contribution in [0.2, 0.25) is 0 Å². The van der Waals surface area contributed by atoms with Gasteiger partial charge in [0.05, 0.1) is 11.6 Å². The number of hydrogen-bond donors (Lipinski definition) is 2. The molecule has 0 spiro atoms. The molecular formula is C25H30N2O2. The van der Waals surface area contributed by atoms with Gasteiger partial charge in [0.1, 0.15) is 11.5 Å². The maximum Gasteiger partial charge on any atom is 0.124 e. The molecule has 3 unspecified atom stereocenters. The molecule has 2 N–H and O–H groups in total. The Bertz CT molecular complexity index is 950. The van der Waals surface area contributed by atoms with E-state index in [-0.39, 0.29) is 23.1 Å². The first-order chi connectivity index (χ1) is 14.0. The predicted octanol–water partition coefficient (Wildman–Crippen LogP) is 5.07. The molecule has 4 heteroatoms. The van der Waals surface area contributed by atoms with Crippen LogP contribution in [-0.4, -0.2) is 34.2 Å². The maximum absolute atomic E-state index is 10.2. The fourth-order valence-electron chi connectivity index (χ4n) is 4.82. The molecule has 2 aromatic carbocycles. The van der Waals surface area contributed by atoms with Gasteiger partial charge in [0.2, 0.25) is 0 Å². The molecule has 29 heavy (non-hydrogen) atoms. The highest BCUT2D eigenvalue weighted by Gasteiger charge is 2.51. The Balaban J connectivity index is 1.59. The van der Waals surface area contributed by atoms with E-state index >= 15 is 0 Å². The summed E-state index contributed by atoms with van der Waals surface area (Å²) in [5.74, 6) is 1.21. The zero-order valence-corrected chi connectivity index (χ0v) is 17.3. The molecule has 4 nitrogen and oxygen atoms in total. The smallest absolute Gasteiger partial charge is 0.124 e. The van der Waals surface area contributed by atoms with Gasteiger partial charge in [0, 0.05) is 23.6 Å². The van der Waals surface area contributed by atoms with E-state index in [4.69, 9.17) is 9.98 Å². The number of phenolic OH excluding ortho intramolecular Hbond substituents is 2. The number of benzene rings is 2. The van der Waals surface area contributed by atoms with E-state index in [1.807, 2.05) is 36.7 Å². The van der Waals surface area contributed by atoms with Gasteiger partial charge in [0.15, 0.2) is 0 Å². The molecule has 0 heterocycles. The summed E-state index contributed by atoms with van der Waals surface area (Å²) in [5.41, 5.74) is 3.76. The van der Waals surface area contributed by atoms with Crippen LogP contribution in [0.1, 0.15) is 61.8 Å². The first kappa shape index (κ1) is 19.7. The summed E-state index contributed by atoms with van der Waals surface area (Å²) in [4.78, 5) is 9.90. The number of aryl methyl sites for hydroxylation is 2. The highest BCUT2D eigenvalue weighted by molar-refractivity contribution is 5.85. The standard InChI is InChI=1S/C25H30N2O2/c1-3-17-5-7-22(28)20(11-17)15-26-24-13-19-9-10-25(24,14-19)27-16-21-12-18(4-2)6-8-23(21)29/h5-8,11-12,15-16,19,24,28-29H,3-4,9-10,13-14H2,1-2H3. The number of nitrogens with zero attached hydrogens (tertiary/aromatic N) is 2. The minimum atomic E-state index is -0.187. The van der Waals surface area contributed by atoms with Gasteiger partial charge in [-0.1, -0.05) is 26.0 Å². The van der Waals surface area contributed by atoms with E-state index < -0.39 is 0 Å². The van der Waals surface area contributed by atoms with E-state index in [0.29, 0.717) is 5.92 Å². The zero-order chi connectivity index (χ0) is 20.4. The minimum Gasteiger partial charge on any atom is -0.507 e. The zero-order valence-electron chi connectivity index (χ0n) is 17.3. The van der Waals surface area contributed by atoms with Crippen molar-refractivity contribution in [1.82, 2.24) is 0 Å². The number of rotatable bonds is 6. The second-order valence-electron chi connectivity index (χ2n) is 8.49. The quantitative estimate of drug-likeness (QED) is 0.676. The third-order valence-corrected chi connectivity index (χ3v) is 6.66. The third-order valence-electron chi connectivity index (χ3n) is 6.66. The molecule has 2 aliphatic rings. The molecule has 0 aliphatic heterocycles.